The summed E-state index contributed by atoms with van der Waals surface area (Å²) in [5.74, 6) is 0.101. The zero-order valence-corrected chi connectivity index (χ0v) is 16.7. The number of carbonyl (C=O) groups excluding carboxylic acids is 1. The van der Waals surface area contributed by atoms with E-state index < -0.39 is 0 Å². The molecule has 0 bridgehead atoms. The highest BCUT2D eigenvalue weighted by molar-refractivity contribution is 5.99. The van der Waals surface area contributed by atoms with Crippen LogP contribution in [0.4, 0.5) is 0 Å². The Bertz CT molecular complexity index is 1420. The lowest BCUT2D eigenvalue weighted by Gasteiger charge is -2.07. The van der Waals surface area contributed by atoms with Gasteiger partial charge in [0.05, 0.1) is 12.0 Å². The van der Waals surface area contributed by atoms with Crippen molar-refractivity contribution in [2.24, 2.45) is 0 Å². The first-order valence-corrected chi connectivity index (χ1v) is 10.1. The number of H-pyrrole nitrogens is 1. The lowest BCUT2D eigenvalue weighted by atomic mass is 10.0. The Morgan fingerprint density at radius 1 is 0.968 bits per heavy atom. The fourth-order valence-electron chi connectivity index (χ4n) is 3.67. The number of aromatic nitrogens is 4. The van der Waals surface area contributed by atoms with Crippen molar-refractivity contribution in [3.8, 4) is 11.4 Å². The predicted octanol–water partition coefficient (Wildman–Crippen LogP) is 4.32. The van der Waals surface area contributed by atoms with E-state index in [1.54, 1.807) is 23.2 Å². The van der Waals surface area contributed by atoms with Crippen LogP contribution in [0.5, 0.6) is 0 Å². The molecule has 6 heteroatoms. The molecule has 5 rings (SSSR count). The van der Waals surface area contributed by atoms with E-state index in [0.29, 0.717) is 18.4 Å². The third kappa shape index (κ3) is 3.83. The number of fused-ring (bicyclic) bond motifs is 1. The topological polar surface area (TPSA) is 72.7 Å². The van der Waals surface area contributed by atoms with Crippen LogP contribution < -0.4 is 5.56 Å². The lowest BCUT2D eigenvalue weighted by molar-refractivity contribution is 0.0982. The molecule has 3 heterocycles. The van der Waals surface area contributed by atoms with Gasteiger partial charge in [0.1, 0.15) is 0 Å². The number of aromatic amines is 1. The van der Waals surface area contributed by atoms with E-state index in [2.05, 4.69) is 9.97 Å². The second kappa shape index (κ2) is 7.91. The van der Waals surface area contributed by atoms with Crippen molar-refractivity contribution in [3.05, 3.63) is 113 Å². The van der Waals surface area contributed by atoms with Crippen molar-refractivity contribution in [2.45, 2.75) is 12.8 Å². The van der Waals surface area contributed by atoms with Gasteiger partial charge in [-0.3, -0.25) is 14.2 Å². The summed E-state index contributed by atoms with van der Waals surface area (Å²) in [6.07, 6.45) is 8.28. The van der Waals surface area contributed by atoms with E-state index in [1.807, 2.05) is 71.6 Å². The molecule has 0 fully saturated rings. The molecule has 0 aliphatic rings. The Morgan fingerprint density at radius 2 is 1.81 bits per heavy atom. The molecule has 0 radical (unpaired) electrons. The molecule has 31 heavy (non-hydrogen) atoms. The van der Waals surface area contributed by atoms with Crippen LogP contribution in [0.1, 0.15) is 22.5 Å². The summed E-state index contributed by atoms with van der Waals surface area (Å²) in [6, 6.07) is 20.5. The quantitative estimate of drug-likeness (QED) is 0.425. The molecule has 6 nitrogen and oxygen atoms in total. The summed E-state index contributed by atoms with van der Waals surface area (Å²) in [7, 11) is 0. The Kier molecular flexibility index (Phi) is 4.80. The number of carbonyl (C=O) groups is 1. The third-order valence-corrected chi connectivity index (χ3v) is 5.37. The summed E-state index contributed by atoms with van der Waals surface area (Å²) in [5, 5.41) is 1.10. The second-order valence-electron chi connectivity index (χ2n) is 7.40. The average molecular weight is 408 g/mol. The Morgan fingerprint density at radius 3 is 2.65 bits per heavy atom. The summed E-state index contributed by atoms with van der Waals surface area (Å²) in [6.45, 7) is 0. The summed E-state index contributed by atoms with van der Waals surface area (Å²) in [4.78, 5) is 32.1. The maximum atomic E-state index is 12.6. The number of nitrogens with zero attached hydrogens (tertiary/aromatic N) is 3. The van der Waals surface area contributed by atoms with Crippen molar-refractivity contribution in [3.63, 3.8) is 0 Å². The molecule has 0 unspecified atom stereocenters. The van der Waals surface area contributed by atoms with Gasteiger partial charge < -0.3 is 9.55 Å². The van der Waals surface area contributed by atoms with Crippen molar-refractivity contribution < 1.29 is 4.79 Å². The van der Waals surface area contributed by atoms with Gasteiger partial charge in [-0.05, 0) is 54.3 Å². The Hall–Kier alpha value is -4.19. The van der Waals surface area contributed by atoms with Gasteiger partial charge in [0.2, 0.25) is 0 Å². The highest BCUT2D eigenvalue weighted by atomic mass is 16.1. The molecule has 0 saturated heterocycles. The molecule has 0 spiro atoms. The molecule has 3 aromatic heterocycles. The minimum absolute atomic E-state index is 0.0692. The van der Waals surface area contributed by atoms with Crippen molar-refractivity contribution in [1.29, 1.82) is 0 Å². The summed E-state index contributed by atoms with van der Waals surface area (Å²) >= 11 is 0. The number of ketones is 1. The number of aryl methyl sites for hydroxylation is 1. The maximum absolute atomic E-state index is 12.6. The van der Waals surface area contributed by atoms with Gasteiger partial charge in [-0.25, -0.2) is 4.98 Å². The molecule has 0 aliphatic heterocycles. The Labute approximate surface area is 178 Å². The van der Waals surface area contributed by atoms with Crippen LogP contribution in [-0.4, -0.2) is 24.9 Å². The van der Waals surface area contributed by atoms with Crippen LogP contribution in [-0.2, 0) is 6.42 Å². The van der Waals surface area contributed by atoms with Crippen LogP contribution in [0.15, 0.2) is 96.4 Å². The SMILES string of the molecule is O=C(CCc1cn(-c2ccc(-n3ccccc3=O)cc2)cn1)c1ccc2cc[nH]c2c1. The van der Waals surface area contributed by atoms with E-state index in [1.165, 1.54) is 6.07 Å². The van der Waals surface area contributed by atoms with Crippen LogP contribution in [0.2, 0.25) is 0 Å². The molecule has 5 aromatic rings. The van der Waals surface area contributed by atoms with Gasteiger partial charge in [-0.2, -0.15) is 0 Å². The van der Waals surface area contributed by atoms with Gasteiger partial charge in [0.25, 0.3) is 5.56 Å². The van der Waals surface area contributed by atoms with Gasteiger partial charge in [0, 0.05) is 53.5 Å². The summed E-state index contributed by atoms with van der Waals surface area (Å²) in [5.41, 5.74) is 4.21. The van der Waals surface area contributed by atoms with Crippen LogP contribution >= 0.6 is 0 Å². The number of benzene rings is 2. The minimum Gasteiger partial charge on any atom is -0.361 e. The minimum atomic E-state index is -0.0692. The molecule has 0 atom stereocenters. The normalized spacial score (nSPS) is 11.1. The number of Topliss-reactive ketones (excluding diaryl/α,β-unsaturated/α-hetero) is 1. The first kappa shape index (κ1) is 18.8. The van der Waals surface area contributed by atoms with Gasteiger partial charge in [0.15, 0.2) is 5.78 Å². The fraction of sp³-hybridized carbons (Fsp3) is 0.0800. The zero-order chi connectivity index (χ0) is 21.2. The number of imidazole rings is 1. The molecular formula is C25H20N4O2. The fourth-order valence-corrected chi connectivity index (χ4v) is 3.67. The van der Waals surface area contributed by atoms with Gasteiger partial charge in [-0.1, -0.05) is 18.2 Å². The first-order chi connectivity index (χ1) is 15.2. The molecule has 152 valence electrons. The number of rotatable bonds is 6. The van der Waals surface area contributed by atoms with Crippen molar-refractivity contribution >= 4 is 16.7 Å². The number of pyridine rings is 1. The van der Waals surface area contributed by atoms with E-state index in [0.717, 1.165) is 28.0 Å². The zero-order valence-electron chi connectivity index (χ0n) is 16.7. The average Bonchev–Trinajstić information content (AvgIpc) is 3.47. The van der Waals surface area contributed by atoms with E-state index in [-0.39, 0.29) is 11.3 Å². The largest absolute Gasteiger partial charge is 0.361 e. The molecule has 0 aliphatic carbocycles. The highest BCUT2D eigenvalue weighted by Crippen LogP contribution is 2.17. The van der Waals surface area contributed by atoms with Crippen molar-refractivity contribution in [1.82, 2.24) is 19.1 Å². The van der Waals surface area contributed by atoms with Gasteiger partial charge >= 0.3 is 0 Å². The second-order valence-corrected chi connectivity index (χ2v) is 7.40. The maximum Gasteiger partial charge on any atom is 0.255 e. The Balaban J connectivity index is 1.27. The van der Waals surface area contributed by atoms with Crippen LogP contribution in [0.3, 0.4) is 0 Å². The number of hydrogen-bond donors (Lipinski definition) is 1. The van der Waals surface area contributed by atoms with E-state index >= 15 is 0 Å². The van der Waals surface area contributed by atoms with E-state index in [4.69, 9.17) is 0 Å². The molecule has 1 N–H and O–H groups in total. The third-order valence-electron chi connectivity index (χ3n) is 5.37. The van der Waals surface area contributed by atoms with Crippen LogP contribution in [0.25, 0.3) is 22.3 Å². The monoisotopic (exact) mass is 408 g/mol. The van der Waals surface area contributed by atoms with Crippen LogP contribution in [0, 0.1) is 0 Å². The molecule has 0 saturated carbocycles. The lowest BCUT2D eigenvalue weighted by Crippen LogP contribution is -2.15. The molecule has 0 amide bonds. The molecular weight excluding hydrogens is 388 g/mol. The highest BCUT2D eigenvalue weighted by Gasteiger charge is 2.09. The standard InChI is InChI=1S/C25H20N4O2/c30-24(19-5-4-18-12-13-26-23(18)15-19)11-6-20-16-28(17-27-20)21-7-9-22(10-8-21)29-14-2-1-3-25(29)31/h1-5,7-10,12-17,26H,6,11H2. The van der Waals surface area contributed by atoms with Gasteiger partial charge in [-0.15, -0.1) is 0 Å². The van der Waals surface area contributed by atoms with Crippen molar-refractivity contribution in [2.75, 3.05) is 0 Å². The summed E-state index contributed by atoms with van der Waals surface area (Å²) < 4.78 is 3.52. The molecule has 2 aromatic carbocycles. The smallest absolute Gasteiger partial charge is 0.255 e. The van der Waals surface area contributed by atoms with E-state index in [9.17, 15) is 9.59 Å². The first-order valence-electron chi connectivity index (χ1n) is 10.1. The predicted molar refractivity (Wildman–Crippen MR) is 120 cm³/mol. The number of nitrogens with one attached hydrogen (secondary N) is 1. The number of hydrogen-bond acceptors (Lipinski definition) is 3.